The van der Waals surface area contributed by atoms with Crippen LogP contribution in [-0.4, -0.2) is 21.0 Å². The number of nitrogens with one attached hydrogen (secondary N) is 2. The molecule has 0 aromatic heterocycles. The topological polar surface area (TPSA) is 84.2 Å². The minimum absolute atomic E-state index is 0.218. The molecule has 0 bridgehead atoms. The molecule has 0 unspecified atom stereocenters. The number of rotatable bonds is 5. The third-order valence-electron chi connectivity index (χ3n) is 4.13. The van der Waals surface area contributed by atoms with Crippen LogP contribution in [0.5, 0.6) is 0 Å². The largest absolute Gasteiger partial charge is 0.397 e. The van der Waals surface area contributed by atoms with E-state index in [-0.39, 0.29) is 4.90 Å². The number of hydrogen-bond donors (Lipinski definition) is 3. The van der Waals surface area contributed by atoms with Gasteiger partial charge < -0.3 is 11.1 Å². The van der Waals surface area contributed by atoms with Crippen LogP contribution >= 0.6 is 0 Å². The molecule has 1 aromatic rings. The van der Waals surface area contributed by atoms with Crippen LogP contribution < -0.4 is 15.8 Å². The molecule has 0 atom stereocenters. The van der Waals surface area contributed by atoms with Crippen molar-refractivity contribution in [1.82, 2.24) is 4.72 Å². The van der Waals surface area contributed by atoms with Crippen molar-refractivity contribution in [3.63, 3.8) is 0 Å². The standard InChI is InChI=1S/C16H27N3O2S/c1-2-18-22(20,21)14-10-11-16(15(17)12-14)19-13-8-6-4-3-5-7-9-13/h10-13,18-19H,2-9,17H2,1H3. The summed E-state index contributed by atoms with van der Waals surface area (Å²) in [5.74, 6) is 0. The van der Waals surface area contributed by atoms with Crippen molar-refractivity contribution in [2.45, 2.75) is 62.8 Å². The molecule has 0 spiro atoms. The first-order chi connectivity index (χ1) is 10.5. The van der Waals surface area contributed by atoms with Gasteiger partial charge in [-0.2, -0.15) is 0 Å². The van der Waals surface area contributed by atoms with Gasteiger partial charge in [0.1, 0.15) is 0 Å². The molecule has 0 aliphatic heterocycles. The number of hydrogen-bond acceptors (Lipinski definition) is 4. The summed E-state index contributed by atoms with van der Waals surface area (Å²) in [7, 11) is -3.45. The minimum Gasteiger partial charge on any atom is -0.397 e. The molecule has 2 rings (SSSR count). The molecule has 5 nitrogen and oxygen atoms in total. The van der Waals surface area contributed by atoms with Gasteiger partial charge in [0.05, 0.1) is 16.3 Å². The first kappa shape index (κ1) is 17.1. The van der Waals surface area contributed by atoms with E-state index < -0.39 is 10.0 Å². The van der Waals surface area contributed by atoms with E-state index in [1.165, 1.54) is 38.2 Å². The van der Waals surface area contributed by atoms with Crippen LogP contribution in [0, 0.1) is 0 Å². The lowest BCUT2D eigenvalue weighted by Crippen LogP contribution is -2.24. The van der Waals surface area contributed by atoms with Gasteiger partial charge in [0, 0.05) is 12.6 Å². The fourth-order valence-corrected chi connectivity index (χ4v) is 4.01. The number of anilines is 2. The summed E-state index contributed by atoms with van der Waals surface area (Å²) in [5, 5.41) is 3.49. The summed E-state index contributed by atoms with van der Waals surface area (Å²) in [5.41, 5.74) is 7.37. The molecule has 0 radical (unpaired) electrons. The molecular formula is C16H27N3O2S. The van der Waals surface area contributed by atoms with Gasteiger partial charge in [0.2, 0.25) is 10.0 Å². The highest BCUT2D eigenvalue weighted by molar-refractivity contribution is 7.89. The molecule has 0 saturated heterocycles. The van der Waals surface area contributed by atoms with E-state index >= 15 is 0 Å². The zero-order chi connectivity index (χ0) is 16.0. The Hall–Kier alpha value is -1.27. The number of benzene rings is 1. The number of sulfonamides is 1. The molecular weight excluding hydrogens is 298 g/mol. The third-order valence-corrected chi connectivity index (χ3v) is 5.68. The molecule has 1 aliphatic carbocycles. The van der Waals surface area contributed by atoms with Crippen molar-refractivity contribution in [3.8, 4) is 0 Å². The van der Waals surface area contributed by atoms with Gasteiger partial charge in [-0.3, -0.25) is 0 Å². The second-order valence-electron chi connectivity index (χ2n) is 5.94. The maximum Gasteiger partial charge on any atom is 0.240 e. The monoisotopic (exact) mass is 325 g/mol. The lowest BCUT2D eigenvalue weighted by atomic mass is 9.96. The zero-order valence-electron chi connectivity index (χ0n) is 13.3. The molecule has 4 N–H and O–H groups in total. The van der Waals surface area contributed by atoms with Crippen LogP contribution in [0.2, 0.25) is 0 Å². The third kappa shape index (κ3) is 4.61. The maximum absolute atomic E-state index is 12.0. The van der Waals surface area contributed by atoms with Crippen molar-refractivity contribution in [3.05, 3.63) is 18.2 Å². The summed E-state index contributed by atoms with van der Waals surface area (Å²) < 4.78 is 26.4. The molecule has 1 aliphatic rings. The Balaban J connectivity index is 2.09. The Labute approximate surface area is 133 Å². The SMILES string of the molecule is CCNS(=O)(=O)c1ccc(NC2CCCCCCC2)c(N)c1. The van der Waals surface area contributed by atoms with E-state index in [2.05, 4.69) is 10.0 Å². The van der Waals surface area contributed by atoms with Gasteiger partial charge >= 0.3 is 0 Å². The van der Waals surface area contributed by atoms with Gasteiger partial charge in [-0.15, -0.1) is 0 Å². The van der Waals surface area contributed by atoms with Gasteiger partial charge in [-0.05, 0) is 31.0 Å². The quantitative estimate of drug-likeness (QED) is 0.726. The molecule has 0 amide bonds. The summed E-state index contributed by atoms with van der Waals surface area (Å²) >= 11 is 0. The lowest BCUT2D eigenvalue weighted by Gasteiger charge is -2.23. The van der Waals surface area contributed by atoms with Gasteiger partial charge in [-0.1, -0.05) is 39.0 Å². The molecule has 1 aromatic carbocycles. The van der Waals surface area contributed by atoms with E-state index in [9.17, 15) is 8.42 Å². The van der Waals surface area contributed by atoms with Gasteiger partial charge in [-0.25, -0.2) is 13.1 Å². The van der Waals surface area contributed by atoms with E-state index in [1.807, 2.05) is 0 Å². The molecule has 6 heteroatoms. The average Bonchev–Trinajstić information content (AvgIpc) is 2.43. The predicted molar refractivity (Wildman–Crippen MR) is 91.4 cm³/mol. The van der Waals surface area contributed by atoms with E-state index in [0.29, 0.717) is 18.3 Å². The van der Waals surface area contributed by atoms with E-state index in [4.69, 9.17) is 5.73 Å². The molecule has 0 heterocycles. The van der Waals surface area contributed by atoms with Crippen LogP contribution in [0.25, 0.3) is 0 Å². The smallest absolute Gasteiger partial charge is 0.240 e. The van der Waals surface area contributed by atoms with Crippen LogP contribution in [0.3, 0.4) is 0 Å². The Morgan fingerprint density at radius 3 is 2.36 bits per heavy atom. The summed E-state index contributed by atoms with van der Waals surface area (Å²) in [6.07, 6.45) is 8.72. The Morgan fingerprint density at radius 1 is 1.14 bits per heavy atom. The van der Waals surface area contributed by atoms with Crippen LogP contribution in [0.1, 0.15) is 51.9 Å². The number of nitrogens with two attached hydrogens (primary N) is 1. The highest BCUT2D eigenvalue weighted by atomic mass is 32.2. The van der Waals surface area contributed by atoms with Crippen molar-refractivity contribution in [2.24, 2.45) is 0 Å². The summed E-state index contributed by atoms with van der Waals surface area (Å²) in [6, 6.07) is 5.35. The lowest BCUT2D eigenvalue weighted by molar-refractivity contribution is 0.471. The molecule has 1 saturated carbocycles. The van der Waals surface area contributed by atoms with Gasteiger partial charge in [0.15, 0.2) is 0 Å². The second-order valence-corrected chi connectivity index (χ2v) is 7.70. The van der Waals surface area contributed by atoms with Crippen molar-refractivity contribution < 1.29 is 8.42 Å². The van der Waals surface area contributed by atoms with E-state index in [0.717, 1.165) is 18.5 Å². The fourth-order valence-electron chi connectivity index (χ4n) is 2.93. The Morgan fingerprint density at radius 2 is 1.77 bits per heavy atom. The van der Waals surface area contributed by atoms with Crippen LogP contribution in [-0.2, 0) is 10.0 Å². The summed E-state index contributed by atoms with van der Waals surface area (Å²) in [4.78, 5) is 0.218. The van der Waals surface area contributed by atoms with Gasteiger partial charge in [0.25, 0.3) is 0 Å². The molecule has 124 valence electrons. The zero-order valence-corrected chi connectivity index (χ0v) is 14.1. The fraction of sp³-hybridized carbons (Fsp3) is 0.625. The maximum atomic E-state index is 12.0. The predicted octanol–water partition coefficient (Wildman–Crippen LogP) is 3.09. The van der Waals surface area contributed by atoms with Crippen LogP contribution in [0.15, 0.2) is 23.1 Å². The molecule has 1 fully saturated rings. The first-order valence-corrected chi connectivity index (χ1v) is 9.67. The van der Waals surface area contributed by atoms with Crippen molar-refractivity contribution in [2.75, 3.05) is 17.6 Å². The Kier molecular flexibility index (Phi) is 6.08. The second kappa shape index (κ2) is 7.83. The highest BCUT2D eigenvalue weighted by Gasteiger charge is 2.16. The first-order valence-electron chi connectivity index (χ1n) is 8.18. The van der Waals surface area contributed by atoms with E-state index in [1.54, 1.807) is 19.1 Å². The Bertz CT molecular complexity index is 579. The van der Waals surface area contributed by atoms with Crippen molar-refractivity contribution >= 4 is 21.4 Å². The summed E-state index contributed by atoms with van der Waals surface area (Å²) in [6.45, 7) is 2.12. The average molecular weight is 325 g/mol. The van der Waals surface area contributed by atoms with Crippen LogP contribution in [0.4, 0.5) is 11.4 Å². The minimum atomic E-state index is -3.45. The number of nitrogen functional groups attached to an aromatic ring is 1. The highest BCUT2D eigenvalue weighted by Crippen LogP contribution is 2.26. The van der Waals surface area contributed by atoms with Crippen molar-refractivity contribution in [1.29, 1.82) is 0 Å². The molecule has 22 heavy (non-hydrogen) atoms. The normalized spacial score (nSPS) is 17.7.